The molecule has 1 saturated heterocycles. The van der Waals surface area contributed by atoms with Crippen molar-refractivity contribution < 1.29 is 39.3 Å². The first kappa shape index (κ1) is 24.1. The molecule has 0 radical (unpaired) electrons. The summed E-state index contributed by atoms with van der Waals surface area (Å²) in [7, 11) is 1.24. The molecule has 2 aromatic rings. The lowest BCUT2D eigenvalue weighted by Crippen LogP contribution is -2.71. The number of aromatic nitrogens is 1. The van der Waals surface area contributed by atoms with Gasteiger partial charge in [0.05, 0.1) is 0 Å². The van der Waals surface area contributed by atoms with Gasteiger partial charge in [-0.1, -0.05) is 23.4 Å². The molecule has 0 saturated carbocycles. The number of nitrogens with one attached hydrogen (secondary N) is 1. The number of thiazole rings is 1. The summed E-state index contributed by atoms with van der Waals surface area (Å²) in [5.41, 5.74) is 5.18. The van der Waals surface area contributed by atoms with Gasteiger partial charge in [-0.15, -0.1) is 23.1 Å². The first-order chi connectivity index (χ1) is 17.2. The summed E-state index contributed by atoms with van der Waals surface area (Å²) in [6, 6.07) is 5.28. The SMILES string of the molecule is CO/N=C(\C(=O)N[C@@H]1C(=O)N2C(C(=O)O)=C([C@@]3(O)Oc4ccccc4C3O)CS[C@H]12)c1csc(N)n1. The van der Waals surface area contributed by atoms with Gasteiger partial charge in [-0.05, 0) is 6.07 Å². The van der Waals surface area contributed by atoms with Gasteiger partial charge in [0.1, 0.15) is 35.7 Å². The predicted molar refractivity (Wildman–Crippen MR) is 127 cm³/mol. The molecule has 3 aliphatic heterocycles. The number of thioether (sulfide) groups is 1. The molecule has 5 rings (SSSR count). The van der Waals surface area contributed by atoms with Crippen molar-refractivity contribution in [1.82, 2.24) is 15.2 Å². The van der Waals surface area contributed by atoms with Crippen LogP contribution in [0.3, 0.4) is 0 Å². The molecule has 13 nitrogen and oxygen atoms in total. The van der Waals surface area contributed by atoms with Crippen LogP contribution in [0.25, 0.3) is 0 Å². The number of aliphatic hydroxyl groups excluding tert-OH is 1. The van der Waals surface area contributed by atoms with Crippen LogP contribution in [0.4, 0.5) is 5.13 Å². The molecular weight excluding hydrogens is 514 g/mol. The van der Waals surface area contributed by atoms with E-state index in [2.05, 4.69) is 15.5 Å². The number of benzene rings is 1. The number of para-hydroxylation sites is 1. The number of fused-ring (bicyclic) bond motifs is 2. The predicted octanol–water partition coefficient (Wildman–Crippen LogP) is -0.371. The zero-order valence-electron chi connectivity index (χ0n) is 18.4. The third kappa shape index (κ3) is 3.59. The Hall–Kier alpha value is -3.66. The molecule has 1 unspecified atom stereocenters. The summed E-state index contributed by atoms with van der Waals surface area (Å²) in [5.74, 6) is -5.26. The number of rotatable bonds is 6. The van der Waals surface area contributed by atoms with Crippen LogP contribution in [0.1, 0.15) is 17.4 Å². The molecule has 0 aliphatic carbocycles. The van der Waals surface area contributed by atoms with Crippen molar-refractivity contribution in [2.45, 2.75) is 23.3 Å². The minimum Gasteiger partial charge on any atom is -0.477 e. The number of β-lactam (4-membered cyclic amide) rings is 1. The van der Waals surface area contributed by atoms with E-state index in [1.807, 2.05) is 0 Å². The summed E-state index contributed by atoms with van der Waals surface area (Å²) >= 11 is 2.19. The molecule has 6 N–H and O–H groups in total. The van der Waals surface area contributed by atoms with Crippen LogP contribution in [-0.2, 0) is 19.2 Å². The number of ether oxygens (including phenoxy) is 1. The Morgan fingerprint density at radius 3 is 2.78 bits per heavy atom. The molecule has 1 fully saturated rings. The van der Waals surface area contributed by atoms with Gasteiger partial charge in [0.2, 0.25) is 0 Å². The fraction of sp³-hybridized carbons (Fsp3) is 0.286. The molecule has 1 aromatic heterocycles. The number of aliphatic carboxylic acids is 1. The molecule has 3 aliphatic rings. The number of hydrogen-bond acceptors (Lipinski definition) is 12. The van der Waals surface area contributed by atoms with E-state index >= 15 is 0 Å². The van der Waals surface area contributed by atoms with E-state index in [1.165, 1.54) is 18.6 Å². The zero-order valence-corrected chi connectivity index (χ0v) is 20.1. The van der Waals surface area contributed by atoms with E-state index in [9.17, 15) is 29.7 Å². The second-order valence-electron chi connectivity index (χ2n) is 7.93. The first-order valence-electron chi connectivity index (χ1n) is 10.4. The van der Waals surface area contributed by atoms with Crippen LogP contribution in [-0.4, -0.2) is 78.8 Å². The number of carbonyl (C=O) groups is 3. The third-order valence-electron chi connectivity index (χ3n) is 5.90. The number of carboxylic acid groups (broad SMARTS) is 1. The average molecular weight is 534 g/mol. The summed E-state index contributed by atoms with van der Waals surface area (Å²) in [6.45, 7) is 0. The highest BCUT2D eigenvalue weighted by atomic mass is 32.2. The van der Waals surface area contributed by atoms with Crippen molar-refractivity contribution in [3.05, 3.63) is 52.2 Å². The van der Waals surface area contributed by atoms with Crippen molar-refractivity contribution in [3.8, 4) is 5.75 Å². The first-order valence-corrected chi connectivity index (χ1v) is 12.3. The number of anilines is 1. The number of aliphatic hydroxyl groups is 2. The van der Waals surface area contributed by atoms with Gasteiger partial charge in [-0.2, -0.15) is 0 Å². The number of nitrogens with zero attached hydrogens (tertiary/aromatic N) is 3. The average Bonchev–Trinajstić information content (AvgIpc) is 3.40. The van der Waals surface area contributed by atoms with Gasteiger partial charge in [0, 0.05) is 22.3 Å². The number of hydrogen-bond donors (Lipinski definition) is 5. The van der Waals surface area contributed by atoms with E-state index in [0.29, 0.717) is 0 Å². The molecule has 2 amide bonds. The highest BCUT2D eigenvalue weighted by Crippen LogP contribution is 2.50. The van der Waals surface area contributed by atoms with E-state index in [-0.39, 0.29) is 39.2 Å². The molecule has 1 aromatic carbocycles. The van der Waals surface area contributed by atoms with Crippen molar-refractivity contribution in [2.75, 3.05) is 18.6 Å². The second kappa shape index (κ2) is 8.77. The van der Waals surface area contributed by atoms with E-state index < -0.39 is 46.8 Å². The van der Waals surface area contributed by atoms with Crippen molar-refractivity contribution in [3.63, 3.8) is 0 Å². The zero-order chi connectivity index (χ0) is 25.8. The van der Waals surface area contributed by atoms with Crippen LogP contribution in [0.15, 0.2) is 46.1 Å². The van der Waals surface area contributed by atoms with Gasteiger partial charge in [0.15, 0.2) is 16.9 Å². The normalized spacial score (nSPS) is 27.1. The second-order valence-corrected chi connectivity index (χ2v) is 9.92. The van der Waals surface area contributed by atoms with Gasteiger partial charge >= 0.3 is 5.97 Å². The van der Waals surface area contributed by atoms with Crippen molar-refractivity contribution >= 4 is 51.7 Å². The third-order valence-corrected chi connectivity index (χ3v) is 7.86. The number of carboxylic acids is 1. The van der Waals surface area contributed by atoms with Crippen molar-refractivity contribution in [1.29, 1.82) is 0 Å². The van der Waals surface area contributed by atoms with Crippen LogP contribution in [0, 0.1) is 0 Å². The van der Waals surface area contributed by atoms with E-state index in [0.717, 1.165) is 28.0 Å². The summed E-state index contributed by atoms with van der Waals surface area (Å²) in [6.07, 6.45) is -1.57. The quantitative estimate of drug-likeness (QED) is 0.184. The van der Waals surface area contributed by atoms with Gasteiger partial charge in [-0.25, -0.2) is 9.78 Å². The lowest BCUT2D eigenvalue weighted by Gasteiger charge is -2.50. The monoisotopic (exact) mass is 533 g/mol. The number of amides is 2. The fourth-order valence-corrected chi connectivity index (χ4v) is 6.22. The number of nitrogens with two attached hydrogens (primary N) is 1. The highest BCUT2D eigenvalue weighted by molar-refractivity contribution is 8.00. The molecule has 36 heavy (non-hydrogen) atoms. The molecule has 15 heteroatoms. The maximum atomic E-state index is 13.0. The van der Waals surface area contributed by atoms with Crippen LogP contribution < -0.4 is 15.8 Å². The van der Waals surface area contributed by atoms with E-state index in [4.69, 9.17) is 15.3 Å². The Bertz CT molecular complexity index is 1340. The Morgan fingerprint density at radius 1 is 1.39 bits per heavy atom. The van der Waals surface area contributed by atoms with Gasteiger partial charge in [0.25, 0.3) is 17.6 Å². The van der Waals surface area contributed by atoms with Crippen LogP contribution >= 0.6 is 23.1 Å². The fourth-order valence-electron chi connectivity index (χ4n) is 4.26. The minimum absolute atomic E-state index is 0.0916. The maximum Gasteiger partial charge on any atom is 0.352 e. The van der Waals surface area contributed by atoms with Crippen LogP contribution in [0.5, 0.6) is 5.75 Å². The Labute approximate surface area is 211 Å². The molecular formula is C21H19N5O8S2. The highest BCUT2D eigenvalue weighted by Gasteiger charge is 2.60. The smallest absolute Gasteiger partial charge is 0.352 e. The Balaban J connectivity index is 1.41. The standard InChI is InChI=1S/C21H19N5O8S2/c1-33-25-12(10-7-36-20(22)23-10)16(28)24-13-17(29)26-14(19(30)31)9(6-35-18(13)26)21(32)15(27)8-4-2-3-5-11(8)34-21/h2-5,7,13,15,18,27,32H,6H2,1H3,(H2,22,23)(H,24,28)(H,30,31)/b25-12-/t13-,15?,18-,21-/m1/s1. The molecule has 188 valence electrons. The lowest BCUT2D eigenvalue weighted by molar-refractivity contribution is -0.166. The lowest BCUT2D eigenvalue weighted by atomic mass is 9.93. The Morgan fingerprint density at radius 2 is 2.14 bits per heavy atom. The number of nitrogen functional groups attached to an aromatic ring is 1. The van der Waals surface area contributed by atoms with Gasteiger partial charge in [-0.3, -0.25) is 14.5 Å². The maximum absolute atomic E-state index is 13.0. The van der Waals surface area contributed by atoms with Crippen LogP contribution in [0.2, 0.25) is 0 Å². The molecule has 4 heterocycles. The minimum atomic E-state index is -2.38. The van der Waals surface area contributed by atoms with Gasteiger partial charge < -0.3 is 35.9 Å². The molecule has 4 atom stereocenters. The Kier molecular flexibility index (Phi) is 5.86. The molecule has 0 bridgehead atoms. The molecule has 0 spiro atoms. The number of oxime groups is 1. The summed E-state index contributed by atoms with van der Waals surface area (Å²) in [5, 5.41) is 39.1. The summed E-state index contributed by atoms with van der Waals surface area (Å²) in [4.78, 5) is 47.8. The summed E-state index contributed by atoms with van der Waals surface area (Å²) < 4.78 is 5.59. The largest absolute Gasteiger partial charge is 0.477 e. The van der Waals surface area contributed by atoms with Crippen molar-refractivity contribution in [2.24, 2.45) is 5.16 Å². The van der Waals surface area contributed by atoms with E-state index in [1.54, 1.807) is 18.2 Å². The number of carbonyl (C=O) groups excluding carboxylic acids is 2. The topological polar surface area (TPSA) is 197 Å².